The molecule has 1 rings (SSSR count). The number of aryl methyl sites for hydroxylation is 1. The average molecular weight is 151 g/mol. The molecule has 0 unspecified atom stereocenters. The second kappa shape index (κ2) is 6.93. The van der Waals surface area contributed by atoms with Gasteiger partial charge in [0.15, 0.2) is 0 Å². The predicted molar refractivity (Wildman–Crippen MR) is 45.3 cm³/mol. The molecule has 0 saturated carbocycles. The molecule has 11 heavy (non-hydrogen) atoms. The van der Waals surface area contributed by atoms with Gasteiger partial charge in [-0.1, -0.05) is 13.0 Å². The van der Waals surface area contributed by atoms with Crippen LogP contribution in [-0.4, -0.2) is 11.3 Å². The van der Waals surface area contributed by atoms with Crippen LogP contribution in [0.4, 0.5) is 0 Å². The van der Waals surface area contributed by atoms with Crippen LogP contribution < -0.4 is 0 Å². The van der Waals surface area contributed by atoms with Gasteiger partial charge in [0, 0.05) is 18.8 Å². The Morgan fingerprint density at radius 1 is 1.64 bits per heavy atom. The van der Waals surface area contributed by atoms with Crippen LogP contribution in [0.15, 0.2) is 24.5 Å². The second-order valence-electron chi connectivity index (χ2n) is 2.11. The Morgan fingerprint density at radius 3 is 2.45 bits per heavy atom. The summed E-state index contributed by atoms with van der Waals surface area (Å²) < 4.78 is 0. The molecule has 1 aromatic rings. The van der Waals surface area contributed by atoms with Gasteiger partial charge in [-0.2, -0.15) is 0 Å². The fourth-order valence-electron chi connectivity index (χ4n) is 0.448. The number of hydrogen-bond donors (Lipinski definition) is 0. The van der Waals surface area contributed by atoms with Gasteiger partial charge < -0.3 is 4.79 Å². The highest BCUT2D eigenvalue weighted by atomic mass is 16.1. The van der Waals surface area contributed by atoms with Crippen LogP contribution in [-0.2, 0) is 4.79 Å². The average Bonchev–Trinajstić information content (AvgIpc) is 2.07. The van der Waals surface area contributed by atoms with Crippen LogP contribution in [0, 0.1) is 6.92 Å². The zero-order chi connectivity index (χ0) is 8.53. The molecule has 0 fully saturated rings. The van der Waals surface area contributed by atoms with Gasteiger partial charge in [0.1, 0.15) is 6.29 Å². The van der Waals surface area contributed by atoms with Gasteiger partial charge >= 0.3 is 0 Å². The SMILES string of the molecule is CCC=O.Cc1cccnc1. The third-order valence-electron chi connectivity index (χ3n) is 0.976. The summed E-state index contributed by atoms with van der Waals surface area (Å²) in [5.74, 6) is 0. The Balaban J connectivity index is 0.000000218. The van der Waals surface area contributed by atoms with Crippen molar-refractivity contribution in [3.63, 3.8) is 0 Å². The number of pyridine rings is 1. The first kappa shape index (κ1) is 9.82. The molecule has 60 valence electrons. The van der Waals surface area contributed by atoms with Crippen LogP contribution >= 0.6 is 0 Å². The summed E-state index contributed by atoms with van der Waals surface area (Å²) in [7, 11) is 0. The van der Waals surface area contributed by atoms with E-state index in [-0.39, 0.29) is 0 Å². The standard InChI is InChI=1S/C6H7N.C3H6O/c1-6-3-2-4-7-5-6;1-2-3-4/h2-5H,1H3;3H,2H2,1H3. The highest BCUT2D eigenvalue weighted by Crippen LogP contribution is 1.88. The van der Waals surface area contributed by atoms with Crippen LogP contribution in [0.1, 0.15) is 18.9 Å². The minimum Gasteiger partial charge on any atom is -0.303 e. The summed E-state index contributed by atoms with van der Waals surface area (Å²) in [5.41, 5.74) is 1.21. The molecule has 2 nitrogen and oxygen atoms in total. The van der Waals surface area contributed by atoms with Crippen molar-refractivity contribution >= 4 is 6.29 Å². The lowest BCUT2D eigenvalue weighted by molar-refractivity contribution is -0.107. The van der Waals surface area contributed by atoms with E-state index in [9.17, 15) is 4.79 Å². The summed E-state index contributed by atoms with van der Waals surface area (Å²) in [5, 5.41) is 0. The van der Waals surface area contributed by atoms with Crippen LogP contribution in [0.2, 0.25) is 0 Å². The highest BCUT2D eigenvalue weighted by molar-refractivity contribution is 5.48. The molecular weight excluding hydrogens is 138 g/mol. The van der Waals surface area contributed by atoms with Crippen molar-refractivity contribution in [3.05, 3.63) is 30.1 Å². The molecule has 2 heteroatoms. The topological polar surface area (TPSA) is 30.0 Å². The Kier molecular flexibility index (Phi) is 6.19. The maximum Gasteiger partial charge on any atom is 0.119 e. The number of aldehydes is 1. The first-order chi connectivity index (χ1) is 5.31. The van der Waals surface area contributed by atoms with E-state index in [4.69, 9.17) is 0 Å². The lowest BCUT2D eigenvalue weighted by Gasteiger charge is -1.82. The molecule has 0 aromatic carbocycles. The third kappa shape index (κ3) is 6.71. The first-order valence-corrected chi connectivity index (χ1v) is 3.61. The molecule has 1 heterocycles. The quantitative estimate of drug-likeness (QED) is 0.574. The summed E-state index contributed by atoms with van der Waals surface area (Å²) >= 11 is 0. The predicted octanol–water partition coefficient (Wildman–Crippen LogP) is 1.99. The molecule has 0 aliphatic rings. The van der Waals surface area contributed by atoms with Crippen molar-refractivity contribution in [2.75, 3.05) is 0 Å². The van der Waals surface area contributed by atoms with E-state index in [1.807, 2.05) is 32.2 Å². The molecule has 0 aliphatic heterocycles. The van der Waals surface area contributed by atoms with E-state index in [1.54, 1.807) is 6.20 Å². The van der Waals surface area contributed by atoms with Crippen molar-refractivity contribution in [2.45, 2.75) is 20.3 Å². The monoisotopic (exact) mass is 151 g/mol. The molecule has 0 amide bonds. The summed E-state index contributed by atoms with van der Waals surface area (Å²) in [6, 6.07) is 3.95. The van der Waals surface area contributed by atoms with Gasteiger partial charge in [0.05, 0.1) is 0 Å². The number of nitrogens with zero attached hydrogens (tertiary/aromatic N) is 1. The first-order valence-electron chi connectivity index (χ1n) is 3.61. The Labute approximate surface area is 67.3 Å². The highest BCUT2D eigenvalue weighted by Gasteiger charge is 1.73. The molecule has 0 N–H and O–H groups in total. The van der Waals surface area contributed by atoms with Crippen molar-refractivity contribution in [3.8, 4) is 0 Å². The molecule has 0 aliphatic carbocycles. The minimum atomic E-state index is 0.639. The lowest BCUT2D eigenvalue weighted by Crippen LogP contribution is -1.69. The van der Waals surface area contributed by atoms with E-state index >= 15 is 0 Å². The zero-order valence-electron chi connectivity index (χ0n) is 6.95. The van der Waals surface area contributed by atoms with Crippen LogP contribution in [0.5, 0.6) is 0 Å². The van der Waals surface area contributed by atoms with Gasteiger partial charge in [-0.3, -0.25) is 4.98 Å². The number of aromatic nitrogens is 1. The minimum absolute atomic E-state index is 0.639. The normalized spacial score (nSPS) is 7.82. The molecule has 0 atom stereocenters. The van der Waals surface area contributed by atoms with Crippen molar-refractivity contribution in [2.24, 2.45) is 0 Å². The number of carbonyl (C=O) groups excluding carboxylic acids is 1. The third-order valence-corrected chi connectivity index (χ3v) is 0.976. The summed E-state index contributed by atoms with van der Waals surface area (Å²) in [4.78, 5) is 13.1. The fraction of sp³-hybridized carbons (Fsp3) is 0.333. The van der Waals surface area contributed by atoms with E-state index in [0.717, 1.165) is 6.29 Å². The van der Waals surface area contributed by atoms with E-state index in [2.05, 4.69) is 4.98 Å². The van der Waals surface area contributed by atoms with Gasteiger partial charge in [-0.25, -0.2) is 0 Å². The summed E-state index contributed by atoms with van der Waals surface area (Å²) in [6.07, 6.45) is 5.12. The maximum absolute atomic E-state index is 9.17. The second-order valence-corrected chi connectivity index (χ2v) is 2.11. The molecule has 0 radical (unpaired) electrons. The summed E-state index contributed by atoms with van der Waals surface area (Å²) in [6.45, 7) is 3.83. The molecule has 1 aromatic heterocycles. The van der Waals surface area contributed by atoms with Crippen molar-refractivity contribution in [1.82, 2.24) is 4.98 Å². The lowest BCUT2D eigenvalue weighted by atomic mass is 10.3. The molecule has 0 saturated heterocycles. The molecule has 0 spiro atoms. The van der Waals surface area contributed by atoms with Gasteiger partial charge in [-0.05, 0) is 18.6 Å². The number of carbonyl (C=O) groups is 1. The van der Waals surface area contributed by atoms with Gasteiger partial charge in [0.25, 0.3) is 0 Å². The maximum atomic E-state index is 9.17. The van der Waals surface area contributed by atoms with E-state index in [0.29, 0.717) is 6.42 Å². The van der Waals surface area contributed by atoms with E-state index < -0.39 is 0 Å². The van der Waals surface area contributed by atoms with Gasteiger partial charge in [-0.15, -0.1) is 0 Å². The number of rotatable bonds is 1. The Hall–Kier alpha value is -1.18. The zero-order valence-corrected chi connectivity index (χ0v) is 6.95. The molecular formula is C9H13NO. The van der Waals surface area contributed by atoms with Crippen molar-refractivity contribution < 1.29 is 4.79 Å². The van der Waals surface area contributed by atoms with Gasteiger partial charge in [0.2, 0.25) is 0 Å². The fourth-order valence-corrected chi connectivity index (χ4v) is 0.448. The van der Waals surface area contributed by atoms with Crippen LogP contribution in [0.3, 0.4) is 0 Å². The largest absolute Gasteiger partial charge is 0.303 e. The van der Waals surface area contributed by atoms with Crippen LogP contribution in [0.25, 0.3) is 0 Å². The smallest absolute Gasteiger partial charge is 0.119 e. The molecule has 0 bridgehead atoms. The Bertz CT molecular complexity index is 184. The number of hydrogen-bond acceptors (Lipinski definition) is 2. The Morgan fingerprint density at radius 2 is 2.27 bits per heavy atom. The van der Waals surface area contributed by atoms with E-state index in [1.165, 1.54) is 5.56 Å². The van der Waals surface area contributed by atoms with Crippen molar-refractivity contribution in [1.29, 1.82) is 0 Å².